The maximum atomic E-state index is 13.5. The van der Waals surface area contributed by atoms with Crippen molar-refractivity contribution in [3.05, 3.63) is 70.4 Å². The van der Waals surface area contributed by atoms with E-state index in [4.69, 9.17) is 9.47 Å². The number of urea groups is 1. The number of carbonyl (C=O) groups is 3. The summed E-state index contributed by atoms with van der Waals surface area (Å²) in [5.41, 5.74) is 5.52. The highest BCUT2D eigenvalue weighted by Crippen LogP contribution is 2.31. The molecule has 0 radical (unpaired) electrons. The monoisotopic (exact) mass is 603 g/mol. The van der Waals surface area contributed by atoms with Gasteiger partial charge in [0.15, 0.2) is 5.82 Å². The van der Waals surface area contributed by atoms with Crippen molar-refractivity contribution in [1.29, 1.82) is 0 Å². The van der Waals surface area contributed by atoms with Crippen molar-refractivity contribution in [1.82, 2.24) is 19.6 Å². The Hall–Kier alpha value is -4.42. The summed E-state index contributed by atoms with van der Waals surface area (Å²) in [7, 11) is 3.63. The van der Waals surface area contributed by atoms with Crippen LogP contribution in [0.5, 0.6) is 0 Å². The highest BCUT2D eigenvalue weighted by atomic mass is 16.6. The van der Waals surface area contributed by atoms with Crippen LogP contribution in [0.2, 0.25) is 0 Å². The van der Waals surface area contributed by atoms with Gasteiger partial charge in [0.05, 0.1) is 25.4 Å². The Balaban J connectivity index is 1.34. The van der Waals surface area contributed by atoms with Crippen molar-refractivity contribution >= 4 is 35.2 Å². The Morgan fingerprint density at radius 1 is 0.886 bits per heavy atom. The van der Waals surface area contributed by atoms with Crippen LogP contribution in [0.1, 0.15) is 46.6 Å². The summed E-state index contributed by atoms with van der Waals surface area (Å²) in [5, 5.41) is 10.4. The van der Waals surface area contributed by atoms with Crippen LogP contribution in [0.3, 0.4) is 0 Å². The molecule has 0 spiro atoms. The Kier molecular flexibility index (Phi) is 9.81. The topological polar surface area (TPSA) is 121 Å². The first-order valence-corrected chi connectivity index (χ1v) is 15.1. The molecule has 0 saturated carbocycles. The molecule has 0 bridgehead atoms. The molecule has 12 heteroatoms. The number of aromatic nitrogens is 2. The molecule has 2 aliphatic heterocycles. The molecule has 1 aromatic heterocycles. The quantitative estimate of drug-likeness (QED) is 0.350. The molecule has 1 saturated heterocycles. The van der Waals surface area contributed by atoms with E-state index in [9.17, 15) is 14.4 Å². The van der Waals surface area contributed by atoms with E-state index >= 15 is 0 Å². The molecule has 3 heterocycles. The van der Waals surface area contributed by atoms with Gasteiger partial charge in [0.1, 0.15) is 6.61 Å². The first-order valence-electron chi connectivity index (χ1n) is 15.1. The van der Waals surface area contributed by atoms with E-state index in [0.29, 0.717) is 16.8 Å². The van der Waals surface area contributed by atoms with Gasteiger partial charge >= 0.3 is 12.1 Å². The molecule has 0 atom stereocenters. The molecule has 3 aromatic rings. The summed E-state index contributed by atoms with van der Waals surface area (Å²) in [5.74, 6) is -0.141. The number of aryl methyl sites for hydroxylation is 2. The second-order valence-corrected chi connectivity index (χ2v) is 11.0. The van der Waals surface area contributed by atoms with Gasteiger partial charge in [-0.05, 0) is 55.3 Å². The molecule has 3 amide bonds. The van der Waals surface area contributed by atoms with E-state index in [0.717, 1.165) is 66.2 Å². The van der Waals surface area contributed by atoms with Crippen LogP contribution >= 0.6 is 0 Å². The number of carbonyl (C=O) groups excluding carboxylic acids is 3. The number of piperazine rings is 1. The highest BCUT2D eigenvalue weighted by Gasteiger charge is 2.34. The van der Waals surface area contributed by atoms with Gasteiger partial charge in [0, 0.05) is 55.8 Å². The van der Waals surface area contributed by atoms with Crippen molar-refractivity contribution in [2.75, 3.05) is 69.1 Å². The van der Waals surface area contributed by atoms with Crippen LogP contribution in [0, 0.1) is 0 Å². The standard InChI is InChI=1S/C32H41N7O5/c1-5-22-8-7-9-23(6-2)28(22)33-31(41)38-20-26-27(21-38)39(32(42)44-19-18-43-4)35-29(26)34-30(40)24-10-12-25(13-11-24)37-16-14-36(3)15-17-37/h7-13H,5-6,14-21H2,1-4H3,(H,33,41)(H,34,35,40). The number of para-hydroxylation sites is 1. The summed E-state index contributed by atoms with van der Waals surface area (Å²) in [6.07, 6.45) is 0.846. The lowest BCUT2D eigenvalue weighted by molar-refractivity contribution is 0.0966. The fraction of sp³-hybridized carbons (Fsp3) is 0.438. The van der Waals surface area contributed by atoms with E-state index < -0.39 is 6.09 Å². The number of likely N-dealkylation sites (N-methyl/N-ethyl adjacent to an activating group) is 1. The predicted octanol–water partition coefficient (Wildman–Crippen LogP) is 4.19. The molecule has 5 rings (SSSR count). The minimum Gasteiger partial charge on any atom is -0.445 e. The van der Waals surface area contributed by atoms with Crippen LogP contribution in [-0.4, -0.2) is 91.2 Å². The maximum absolute atomic E-state index is 13.5. The molecular weight excluding hydrogens is 562 g/mol. The Labute approximate surface area is 257 Å². The third-order valence-electron chi connectivity index (χ3n) is 8.21. The number of nitrogens with zero attached hydrogens (tertiary/aromatic N) is 5. The van der Waals surface area contributed by atoms with E-state index in [1.165, 1.54) is 7.11 Å². The second-order valence-electron chi connectivity index (χ2n) is 11.0. The molecule has 44 heavy (non-hydrogen) atoms. The zero-order valence-electron chi connectivity index (χ0n) is 25.9. The molecule has 0 aliphatic carbocycles. The van der Waals surface area contributed by atoms with Crippen molar-refractivity contribution in [3.63, 3.8) is 0 Å². The summed E-state index contributed by atoms with van der Waals surface area (Å²) < 4.78 is 11.4. The lowest BCUT2D eigenvalue weighted by Gasteiger charge is -2.34. The van der Waals surface area contributed by atoms with Crippen molar-refractivity contribution < 1.29 is 23.9 Å². The minimum absolute atomic E-state index is 0.0448. The molecule has 12 nitrogen and oxygen atoms in total. The van der Waals surface area contributed by atoms with Crippen LogP contribution in [0.4, 0.5) is 26.8 Å². The minimum atomic E-state index is -0.706. The zero-order chi connectivity index (χ0) is 31.2. The number of methoxy groups -OCH3 is 1. The van der Waals surface area contributed by atoms with Gasteiger partial charge in [-0.3, -0.25) is 4.79 Å². The van der Waals surface area contributed by atoms with Gasteiger partial charge in [-0.25, -0.2) is 9.59 Å². The Morgan fingerprint density at radius 3 is 2.20 bits per heavy atom. The predicted molar refractivity (Wildman–Crippen MR) is 168 cm³/mol. The van der Waals surface area contributed by atoms with Crippen molar-refractivity contribution in [2.24, 2.45) is 0 Å². The molecular formula is C32H41N7O5. The highest BCUT2D eigenvalue weighted by molar-refractivity contribution is 6.04. The molecule has 2 aliphatic rings. The van der Waals surface area contributed by atoms with Gasteiger partial charge in [0.2, 0.25) is 0 Å². The largest absolute Gasteiger partial charge is 0.445 e. The van der Waals surface area contributed by atoms with Crippen LogP contribution in [0.15, 0.2) is 42.5 Å². The van der Waals surface area contributed by atoms with Gasteiger partial charge in [0.25, 0.3) is 5.91 Å². The lowest BCUT2D eigenvalue weighted by Crippen LogP contribution is -2.44. The number of hydrogen-bond donors (Lipinski definition) is 2. The first-order chi connectivity index (χ1) is 21.3. The Morgan fingerprint density at radius 2 is 1.57 bits per heavy atom. The normalized spacial score (nSPS) is 14.8. The smallest absolute Gasteiger partial charge is 0.435 e. The molecule has 0 unspecified atom stereocenters. The number of hydrogen-bond acceptors (Lipinski definition) is 8. The number of anilines is 3. The van der Waals surface area contributed by atoms with Gasteiger partial charge in [-0.15, -0.1) is 5.10 Å². The second kappa shape index (κ2) is 13.9. The van der Waals surface area contributed by atoms with E-state index in [-0.39, 0.29) is 44.1 Å². The number of nitrogens with one attached hydrogen (secondary N) is 2. The van der Waals surface area contributed by atoms with Gasteiger partial charge in [-0.1, -0.05) is 32.0 Å². The SMILES string of the molecule is CCc1cccc(CC)c1NC(=O)N1Cc2c(NC(=O)c3ccc(N4CCN(C)CC4)cc3)nn(C(=O)OCCOC)c2C1. The molecule has 234 valence electrons. The summed E-state index contributed by atoms with van der Waals surface area (Å²) in [6, 6.07) is 13.2. The fourth-order valence-corrected chi connectivity index (χ4v) is 5.57. The first kappa shape index (κ1) is 31.0. The number of ether oxygens (including phenoxy) is 2. The third-order valence-corrected chi connectivity index (χ3v) is 8.21. The van der Waals surface area contributed by atoms with Crippen LogP contribution < -0.4 is 15.5 Å². The maximum Gasteiger partial charge on any atom is 0.435 e. The van der Waals surface area contributed by atoms with Gasteiger partial charge < -0.3 is 34.8 Å². The summed E-state index contributed by atoms with van der Waals surface area (Å²) in [6.45, 7) is 8.51. The number of benzene rings is 2. The molecule has 2 N–H and O–H groups in total. The average molecular weight is 604 g/mol. The number of fused-ring (bicyclic) bond motifs is 1. The third kappa shape index (κ3) is 6.71. The van der Waals surface area contributed by atoms with E-state index in [1.807, 2.05) is 30.3 Å². The molecule has 1 fully saturated rings. The lowest BCUT2D eigenvalue weighted by atomic mass is 10.0. The number of amides is 3. The van der Waals surface area contributed by atoms with Crippen molar-refractivity contribution in [3.8, 4) is 0 Å². The average Bonchev–Trinajstić information content (AvgIpc) is 3.62. The van der Waals surface area contributed by atoms with Gasteiger partial charge in [-0.2, -0.15) is 4.68 Å². The Bertz CT molecular complexity index is 1470. The van der Waals surface area contributed by atoms with E-state index in [2.05, 4.69) is 46.4 Å². The number of rotatable bonds is 9. The fourth-order valence-electron chi connectivity index (χ4n) is 5.57. The van der Waals surface area contributed by atoms with E-state index in [1.54, 1.807) is 17.0 Å². The summed E-state index contributed by atoms with van der Waals surface area (Å²) in [4.78, 5) is 46.0. The van der Waals surface area contributed by atoms with Crippen LogP contribution in [-0.2, 0) is 35.4 Å². The molecule has 2 aromatic carbocycles. The van der Waals surface area contributed by atoms with Crippen LogP contribution in [0.25, 0.3) is 0 Å². The zero-order valence-corrected chi connectivity index (χ0v) is 25.9. The van der Waals surface area contributed by atoms with Crippen molar-refractivity contribution in [2.45, 2.75) is 39.8 Å². The summed E-state index contributed by atoms with van der Waals surface area (Å²) >= 11 is 0.